The second-order valence-corrected chi connectivity index (χ2v) is 11.6. The minimum Gasteiger partial charge on any atom is -0.473 e. The van der Waals surface area contributed by atoms with Gasteiger partial charge in [0.05, 0.1) is 11.1 Å². The lowest BCUT2D eigenvalue weighted by molar-refractivity contribution is -0.109. The minimum absolute atomic E-state index is 0.109. The predicted octanol–water partition coefficient (Wildman–Crippen LogP) is 7.41. The molecule has 45 heavy (non-hydrogen) atoms. The SMILES string of the molecule is COC(CCC1CCN(c2ccc3c(-c4ccc(OCc5ccccc5)nc4OCc4ccccc4)nn(C)c3c2)CC1)OC. The van der Waals surface area contributed by atoms with Crippen molar-refractivity contribution in [3.63, 3.8) is 0 Å². The zero-order chi connectivity index (χ0) is 31.0. The lowest BCUT2D eigenvalue weighted by atomic mass is 9.91. The highest BCUT2D eigenvalue weighted by Gasteiger charge is 2.23. The van der Waals surface area contributed by atoms with Crippen LogP contribution in [0.15, 0.2) is 91.0 Å². The first-order valence-corrected chi connectivity index (χ1v) is 15.7. The molecule has 1 aliphatic rings. The average molecular weight is 607 g/mol. The Kier molecular flexibility index (Phi) is 9.92. The van der Waals surface area contributed by atoms with Crippen LogP contribution in [0.1, 0.15) is 36.8 Å². The third kappa shape index (κ3) is 7.47. The fourth-order valence-corrected chi connectivity index (χ4v) is 6.08. The third-order valence-corrected chi connectivity index (χ3v) is 8.69. The van der Waals surface area contributed by atoms with Crippen LogP contribution in [0.3, 0.4) is 0 Å². The van der Waals surface area contributed by atoms with Crippen molar-refractivity contribution < 1.29 is 18.9 Å². The zero-order valence-corrected chi connectivity index (χ0v) is 26.4. The van der Waals surface area contributed by atoms with Gasteiger partial charge in [-0.05, 0) is 67.0 Å². The van der Waals surface area contributed by atoms with Gasteiger partial charge in [-0.25, -0.2) is 0 Å². The van der Waals surface area contributed by atoms with Crippen LogP contribution >= 0.6 is 0 Å². The topological polar surface area (TPSA) is 70.9 Å². The van der Waals surface area contributed by atoms with Gasteiger partial charge in [0.25, 0.3) is 0 Å². The first-order chi connectivity index (χ1) is 22.1. The van der Waals surface area contributed by atoms with Crippen LogP contribution < -0.4 is 14.4 Å². The number of hydrogen-bond donors (Lipinski definition) is 0. The molecule has 0 radical (unpaired) electrons. The monoisotopic (exact) mass is 606 g/mol. The molecule has 2 aromatic heterocycles. The van der Waals surface area contributed by atoms with Crippen molar-refractivity contribution in [3.05, 3.63) is 102 Å². The van der Waals surface area contributed by atoms with Gasteiger partial charge in [-0.1, -0.05) is 60.7 Å². The molecule has 234 valence electrons. The summed E-state index contributed by atoms with van der Waals surface area (Å²) in [6, 6.07) is 30.8. The molecular formula is C37H42N4O4. The summed E-state index contributed by atoms with van der Waals surface area (Å²) in [5, 5.41) is 6.03. The molecule has 3 aromatic carbocycles. The number of hydrogen-bond acceptors (Lipinski definition) is 7. The van der Waals surface area contributed by atoms with Gasteiger partial charge in [0.2, 0.25) is 11.8 Å². The molecule has 1 aliphatic heterocycles. The van der Waals surface area contributed by atoms with Crippen molar-refractivity contribution in [3.8, 4) is 23.0 Å². The molecule has 3 heterocycles. The van der Waals surface area contributed by atoms with E-state index in [4.69, 9.17) is 29.0 Å². The summed E-state index contributed by atoms with van der Waals surface area (Å²) in [6.45, 7) is 2.90. The molecule has 1 saturated heterocycles. The van der Waals surface area contributed by atoms with Gasteiger partial charge < -0.3 is 23.8 Å². The van der Waals surface area contributed by atoms with Crippen molar-refractivity contribution in [2.45, 2.75) is 45.2 Å². The number of fused-ring (bicyclic) bond motifs is 1. The van der Waals surface area contributed by atoms with Crippen molar-refractivity contribution in [2.24, 2.45) is 13.0 Å². The molecule has 0 aliphatic carbocycles. The molecule has 0 amide bonds. The standard InChI is InChI=1S/C37H42N4O4/c1-40-33-24-30(41-22-20-27(21-23-41)14-19-35(42-2)43-3)15-16-31(33)36(39-40)32-17-18-34(44-25-28-10-6-4-7-11-28)38-37(32)45-26-29-12-8-5-9-13-29/h4-13,15-18,24,27,35H,14,19-23,25-26H2,1-3H3. The van der Waals surface area contributed by atoms with Crippen LogP contribution in [0.2, 0.25) is 0 Å². The number of nitrogens with zero attached hydrogens (tertiary/aromatic N) is 4. The van der Waals surface area contributed by atoms with E-state index in [1.54, 1.807) is 14.2 Å². The van der Waals surface area contributed by atoms with E-state index in [-0.39, 0.29) is 6.29 Å². The highest BCUT2D eigenvalue weighted by molar-refractivity contribution is 5.96. The van der Waals surface area contributed by atoms with E-state index in [1.165, 1.54) is 18.5 Å². The second kappa shape index (κ2) is 14.6. The average Bonchev–Trinajstić information content (AvgIpc) is 3.43. The number of rotatable bonds is 13. The summed E-state index contributed by atoms with van der Waals surface area (Å²) in [5.41, 5.74) is 6.13. The largest absolute Gasteiger partial charge is 0.473 e. The number of ether oxygens (including phenoxy) is 4. The summed E-state index contributed by atoms with van der Waals surface area (Å²) >= 11 is 0. The first-order valence-electron chi connectivity index (χ1n) is 15.7. The Hall–Kier alpha value is -4.40. The molecule has 1 fully saturated rings. The maximum Gasteiger partial charge on any atom is 0.226 e. The van der Waals surface area contributed by atoms with Crippen LogP contribution in [-0.2, 0) is 29.7 Å². The Morgan fingerprint density at radius 2 is 1.47 bits per heavy atom. The van der Waals surface area contributed by atoms with Crippen LogP contribution in [0, 0.1) is 5.92 Å². The van der Waals surface area contributed by atoms with Crippen molar-refractivity contribution in [2.75, 3.05) is 32.2 Å². The lowest BCUT2D eigenvalue weighted by Gasteiger charge is -2.34. The van der Waals surface area contributed by atoms with Crippen LogP contribution in [-0.4, -0.2) is 48.4 Å². The first kappa shape index (κ1) is 30.6. The van der Waals surface area contributed by atoms with Crippen LogP contribution in [0.4, 0.5) is 5.69 Å². The summed E-state index contributed by atoms with van der Waals surface area (Å²) in [4.78, 5) is 7.30. The Morgan fingerprint density at radius 3 is 2.13 bits per heavy atom. The van der Waals surface area contributed by atoms with E-state index in [1.807, 2.05) is 84.5 Å². The van der Waals surface area contributed by atoms with Crippen molar-refractivity contribution in [1.82, 2.24) is 14.8 Å². The number of anilines is 1. The molecule has 0 spiro atoms. The van der Waals surface area contributed by atoms with Gasteiger partial charge in [0.15, 0.2) is 6.29 Å². The fourth-order valence-electron chi connectivity index (χ4n) is 6.08. The maximum atomic E-state index is 6.34. The second-order valence-electron chi connectivity index (χ2n) is 11.6. The molecule has 0 unspecified atom stereocenters. The Morgan fingerprint density at radius 1 is 0.800 bits per heavy atom. The van der Waals surface area contributed by atoms with Gasteiger partial charge >= 0.3 is 0 Å². The highest BCUT2D eigenvalue weighted by Crippen LogP contribution is 2.37. The van der Waals surface area contributed by atoms with Gasteiger partial charge in [-0.15, -0.1) is 0 Å². The number of methoxy groups -OCH3 is 2. The summed E-state index contributed by atoms with van der Waals surface area (Å²) in [6.07, 6.45) is 4.29. The normalized spacial score (nSPS) is 13.9. The summed E-state index contributed by atoms with van der Waals surface area (Å²) in [5.74, 6) is 1.71. The number of aryl methyl sites for hydroxylation is 1. The van der Waals surface area contributed by atoms with E-state index >= 15 is 0 Å². The fraction of sp³-hybridized carbons (Fsp3) is 0.351. The zero-order valence-electron chi connectivity index (χ0n) is 26.4. The number of pyridine rings is 1. The number of benzene rings is 3. The Balaban J connectivity index is 1.22. The molecule has 5 aromatic rings. The highest BCUT2D eigenvalue weighted by atomic mass is 16.7. The number of piperidine rings is 1. The van der Waals surface area contributed by atoms with Crippen molar-refractivity contribution in [1.29, 1.82) is 0 Å². The van der Waals surface area contributed by atoms with E-state index in [2.05, 4.69) is 23.1 Å². The van der Waals surface area contributed by atoms with Crippen molar-refractivity contribution >= 4 is 16.6 Å². The van der Waals surface area contributed by atoms with Crippen LogP contribution in [0.5, 0.6) is 11.8 Å². The molecule has 0 atom stereocenters. The quantitative estimate of drug-likeness (QED) is 0.129. The molecule has 0 saturated carbocycles. The molecular weight excluding hydrogens is 564 g/mol. The Labute approximate surface area is 265 Å². The summed E-state index contributed by atoms with van der Waals surface area (Å²) < 4.78 is 25.1. The number of aromatic nitrogens is 3. The summed E-state index contributed by atoms with van der Waals surface area (Å²) in [7, 11) is 5.42. The molecule has 8 heteroatoms. The van der Waals surface area contributed by atoms with E-state index in [0.29, 0.717) is 30.9 Å². The van der Waals surface area contributed by atoms with Crippen LogP contribution in [0.25, 0.3) is 22.2 Å². The van der Waals surface area contributed by atoms with Gasteiger partial charge in [0, 0.05) is 51.5 Å². The van der Waals surface area contributed by atoms with E-state index in [0.717, 1.165) is 59.2 Å². The van der Waals surface area contributed by atoms with Gasteiger partial charge in [0.1, 0.15) is 18.9 Å². The van der Waals surface area contributed by atoms with Gasteiger partial charge in [-0.2, -0.15) is 10.1 Å². The van der Waals surface area contributed by atoms with E-state index < -0.39 is 0 Å². The van der Waals surface area contributed by atoms with Gasteiger partial charge in [-0.3, -0.25) is 4.68 Å². The maximum absolute atomic E-state index is 6.34. The molecule has 0 N–H and O–H groups in total. The molecule has 8 nitrogen and oxygen atoms in total. The third-order valence-electron chi connectivity index (χ3n) is 8.69. The smallest absolute Gasteiger partial charge is 0.226 e. The predicted molar refractivity (Wildman–Crippen MR) is 177 cm³/mol. The Bertz CT molecular complexity index is 1660. The molecule has 0 bridgehead atoms. The molecule has 6 rings (SSSR count). The minimum atomic E-state index is -0.109. The lowest BCUT2D eigenvalue weighted by Crippen LogP contribution is -2.34. The van der Waals surface area contributed by atoms with E-state index in [9.17, 15) is 0 Å².